The molecule has 27 heavy (non-hydrogen) atoms. The van der Waals surface area contributed by atoms with Crippen molar-refractivity contribution in [2.24, 2.45) is 0 Å². The Morgan fingerprint density at radius 2 is 1.89 bits per heavy atom. The Kier molecular flexibility index (Phi) is 8.36. The lowest BCUT2D eigenvalue weighted by Crippen LogP contribution is -2.38. The summed E-state index contributed by atoms with van der Waals surface area (Å²) < 4.78 is 10.2. The SMILES string of the molecule is COc1ccc(Cl)cc1NC(=O)CN(C)C(=O)CCNC(=O)OC(C)(C)C. The molecule has 0 aliphatic carbocycles. The predicted molar refractivity (Wildman–Crippen MR) is 103 cm³/mol. The molecule has 0 fully saturated rings. The lowest BCUT2D eigenvalue weighted by molar-refractivity contribution is -0.133. The second kappa shape index (κ2) is 10.0. The van der Waals surface area contributed by atoms with E-state index in [-0.39, 0.29) is 25.4 Å². The summed E-state index contributed by atoms with van der Waals surface area (Å²) in [6.45, 7) is 5.21. The summed E-state index contributed by atoms with van der Waals surface area (Å²) in [7, 11) is 2.98. The van der Waals surface area contributed by atoms with Crippen LogP contribution in [0.25, 0.3) is 0 Å². The summed E-state index contributed by atoms with van der Waals surface area (Å²) >= 11 is 5.92. The van der Waals surface area contributed by atoms with Gasteiger partial charge in [0, 0.05) is 25.0 Å². The van der Waals surface area contributed by atoms with Crippen molar-refractivity contribution in [1.29, 1.82) is 0 Å². The number of halogens is 1. The zero-order chi connectivity index (χ0) is 20.6. The summed E-state index contributed by atoms with van der Waals surface area (Å²) in [6.07, 6.45) is -0.549. The van der Waals surface area contributed by atoms with Gasteiger partial charge in [0.1, 0.15) is 11.4 Å². The van der Waals surface area contributed by atoms with Gasteiger partial charge in [0.2, 0.25) is 11.8 Å². The van der Waals surface area contributed by atoms with Gasteiger partial charge in [0.05, 0.1) is 19.3 Å². The fourth-order valence-corrected chi connectivity index (χ4v) is 2.22. The highest BCUT2D eigenvalue weighted by Gasteiger charge is 2.17. The lowest BCUT2D eigenvalue weighted by atomic mass is 10.2. The fraction of sp³-hybridized carbons (Fsp3) is 0.500. The highest BCUT2D eigenvalue weighted by atomic mass is 35.5. The molecule has 0 spiro atoms. The monoisotopic (exact) mass is 399 g/mol. The van der Waals surface area contributed by atoms with Crippen LogP contribution in [0.4, 0.5) is 10.5 Å². The Morgan fingerprint density at radius 1 is 1.22 bits per heavy atom. The number of methoxy groups -OCH3 is 1. The number of anilines is 1. The molecule has 0 aliphatic heterocycles. The zero-order valence-corrected chi connectivity index (χ0v) is 17.0. The van der Waals surface area contributed by atoms with Crippen LogP contribution in [0.15, 0.2) is 18.2 Å². The minimum absolute atomic E-state index is 0.0451. The van der Waals surface area contributed by atoms with Crippen LogP contribution in [0, 0.1) is 0 Å². The van der Waals surface area contributed by atoms with Crippen LogP contribution in [0.1, 0.15) is 27.2 Å². The van der Waals surface area contributed by atoms with Gasteiger partial charge in [-0.25, -0.2) is 4.79 Å². The Hall–Kier alpha value is -2.48. The van der Waals surface area contributed by atoms with E-state index >= 15 is 0 Å². The molecule has 1 aromatic rings. The van der Waals surface area contributed by atoms with E-state index < -0.39 is 17.6 Å². The number of hydrogen-bond donors (Lipinski definition) is 2. The normalized spacial score (nSPS) is 10.7. The Morgan fingerprint density at radius 3 is 2.48 bits per heavy atom. The van der Waals surface area contributed by atoms with Crippen molar-refractivity contribution in [1.82, 2.24) is 10.2 Å². The van der Waals surface area contributed by atoms with Gasteiger partial charge in [-0.3, -0.25) is 9.59 Å². The maximum Gasteiger partial charge on any atom is 0.407 e. The third-order valence-electron chi connectivity index (χ3n) is 3.25. The van der Waals surface area contributed by atoms with E-state index in [2.05, 4.69) is 10.6 Å². The van der Waals surface area contributed by atoms with Crippen molar-refractivity contribution in [2.45, 2.75) is 32.8 Å². The van der Waals surface area contributed by atoms with E-state index in [1.54, 1.807) is 39.0 Å². The molecule has 0 atom stereocenters. The van der Waals surface area contributed by atoms with E-state index in [9.17, 15) is 14.4 Å². The average Bonchev–Trinajstić information content (AvgIpc) is 2.53. The number of carbonyl (C=O) groups is 3. The number of benzene rings is 1. The van der Waals surface area contributed by atoms with Crippen molar-refractivity contribution in [3.63, 3.8) is 0 Å². The molecule has 0 unspecified atom stereocenters. The molecule has 1 aromatic carbocycles. The number of carbonyl (C=O) groups excluding carboxylic acids is 3. The largest absolute Gasteiger partial charge is 0.495 e. The molecule has 0 aliphatic rings. The van der Waals surface area contributed by atoms with E-state index in [1.807, 2.05) is 0 Å². The van der Waals surface area contributed by atoms with Crippen LogP contribution in [0.2, 0.25) is 5.02 Å². The molecule has 0 bridgehead atoms. The van der Waals surface area contributed by atoms with Gasteiger partial charge in [-0.2, -0.15) is 0 Å². The quantitative estimate of drug-likeness (QED) is 0.734. The molecular formula is C18H26ClN3O5. The molecule has 0 aromatic heterocycles. The highest BCUT2D eigenvalue weighted by Crippen LogP contribution is 2.27. The molecular weight excluding hydrogens is 374 g/mol. The summed E-state index contributed by atoms with van der Waals surface area (Å²) in [5.41, 5.74) is -0.188. The Labute approximate surface area is 164 Å². The van der Waals surface area contributed by atoms with Crippen LogP contribution in [0.5, 0.6) is 5.75 Å². The minimum Gasteiger partial charge on any atom is -0.495 e. The van der Waals surface area contributed by atoms with Crippen molar-refractivity contribution < 1.29 is 23.9 Å². The third-order valence-corrected chi connectivity index (χ3v) is 3.48. The predicted octanol–water partition coefficient (Wildman–Crippen LogP) is 2.66. The van der Waals surface area contributed by atoms with Gasteiger partial charge in [-0.05, 0) is 39.0 Å². The number of rotatable bonds is 7. The van der Waals surface area contributed by atoms with Gasteiger partial charge < -0.3 is 25.0 Å². The number of alkyl carbamates (subject to hydrolysis) is 1. The number of nitrogens with zero attached hydrogens (tertiary/aromatic N) is 1. The maximum absolute atomic E-state index is 12.2. The second-order valence-electron chi connectivity index (χ2n) is 6.82. The summed E-state index contributed by atoms with van der Waals surface area (Å²) in [4.78, 5) is 37.0. The number of nitrogens with one attached hydrogen (secondary N) is 2. The minimum atomic E-state index is -0.607. The van der Waals surface area contributed by atoms with Gasteiger partial charge in [-0.15, -0.1) is 0 Å². The van der Waals surface area contributed by atoms with Gasteiger partial charge in [-0.1, -0.05) is 11.6 Å². The number of ether oxygens (including phenoxy) is 2. The third kappa shape index (κ3) is 8.63. The molecule has 1 rings (SSSR count). The van der Waals surface area contributed by atoms with Crippen molar-refractivity contribution in [3.8, 4) is 5.75 Å². The first kappa shape index (κ1) is 22.6. The first-order chi connectivity index (χ1) is 12.5. The van der Waals surface area contributed by atoms with Crippen LogP contribution >= 0.6 is 11.6 Å². The second-order valence-corrected chi connectivity index (χ2v) is 7.26. The van der Waals surface area contributed by atoms with Crippen LogP contribution in [-0.2, 0) is 14.3 Å². The lowest BCUT2D eigenvalue weighted by Gasteiger charge is -2.20. The smallest absolute Gasteiger partial charge is 0.407 e. The zero-order valence-electron chi connectivity index (χ0n) is 16.2. The average molecular weight is 400 g/mol. The number of hydrogen-bond acceptors (Lipinski definition) is 5. The summed E-state index contributed by atoms with van der Waals surface area (Å²) in [5.74, 6) is -0.228. The van der Waals surface area contributed by atoms with E-state index in [1.165, 1.54) is 19.1 Å². The molecule has 3 amide bonds. The van der Waals surface area contributed by atoms with Gasteiger partial charge in [0.15, 0.2) is 0 Å². The maximum atomic E-state index is 12.2. The van der Waals surface area contributed by atoms with Crippen molar-refractivity contribution in [3.05, 3.63) is 23.2 Å². The summed E-state index contributed by atoms with van der Waals surface area (Å²) in [5, 5.41) is 5.60. The topological polar surface area (TPSA) is 97.0 Å². The Bertz CT molecular complexity index is 688. The molecule has 2 N–H and O–H groups in total. The molecule has 0 heterocycles. The van der Waals surface area contributed by atoms with Crippen LogP contribution < -0.4 is 15.4 Å². The van der Waals surface area contributed by atoms with Gasteiger partial charge in [0.25, 0.3) is 0 Å². The first-order valence-electron chi connectivity index (χ1n) is 8.36. The molecule has 0 radical (unpaired) electrons. The van der Waals surface area contributed by atoms with Crippen molar-refractivity contribution in [2.75, 3.05) is 32.6 Å². The van der Waals surface area contributed by atoms with Crippen LogP contribution in [-0.4, -0.2) is 55.7 Å². The van der Waals surface area contributed by atoms with E-state index in [0.717, 1.165) is 0 Å². The molecule has 150 valence electrons. The highest BCUT2D eigenvalue weighted by molar-refractivity contribution is 6.31. The first-order valence-corrected chi connectivity index (χ1v) is 8.74. The summed E-state index contributed by atoms with van der Waals surface area (Å²) in [6, 6.07) is 4.84. The fourth-order valence-electron chi connectivity index (χ4n) is 2.05. The number of amides is 3. The van der Waals surface area contributed by atoms with E-state index in [0.29, 0.717) is 16.5 Å². The Balaban J connectivity index is 2.45. The van der Waals surface area contributed by atoms with Crippen LogP contribution in [0.3, 0.4) is 0 Å². The molecule has 0 saturated carbocycles. The molecule has 9 heteroatoms. The van der Waals surface area contributed by atoms with Crippen molar-refractivity contribution >= 4 is 35.2 Å². The standard InChI is InChI=1S/C18H26ClN3O5/c1-18(2,3)27-17(25)20-9-8-16(24)22(4)11-15(23)21-13-10-12(19)6-7-14(13)26-5/h6-7,10H,8-9,11H2,1-5H3,(H,20,25)(H,21,23). The number of likely N-dealkylation sites (N-methyl/N-ethyl adjacent to an activating group) is 1. The van der Waals surface area contributed by atoms with Gasteiger partial charge >= 0.3 is 6.09 Å². The van der Waals surface area contributed by atoms with E-state index in [4.69, 9.17) is 21.1 Å². The molecule has 8 nitrogen and oxygen atoms in total. The molecule has 0 saturated heterocycles.